The third-order valence-corrected chi connectivity index (χ3v) is 3.12. The Kier molecular flexibility index (Phi) is 4.74. The fourth-order valence-electron chi connectivity index (χ4n) is 1.74. The van der Waals surface area contributed by atoms with Crippen molar-refractivity contribution in [3.63, 3.8) is 0 Å². The first-order chi connectivity index (χ1) is 9.60. The summed E-state index contributed by atoms with van der Waals surface area (Å²) in [5, 5.41) is 2.80. The molecule has 0 aliphatic carbocycles. The van der Waals surface area contributed by atoms with E-state index in [0.717, 1.165) is 10.0 Å². The van der Waals surface area contributed by atoms with Gasteiger partial charge in [0.1, 0.15) is 11.6 Å². The molecule has 0 radical (unpaired) electrons. The number of amides is 1. The molecule has 0 spiro atoms. The van der Waals surface area contributed by atoms with Gasteiger partial charge in [-0.3, -0.25) is 4.79 Å². The van der Waals surface area contributed by atoms with E-state index in [-0.39, 0.29) is 5.91 Å². The van der Waals surface area contributed by atoms with Crippen molar-refractivity contribution in [3.05, 3.63) is 52.1 Å². The zero-order valence-electron chi connectivity index (χ0n) is 11.3. The second kappa shape index (κ2) is 6.52. The van der Waals surface area contributed by atoms with E-state index in [1.807, 2.05) is 26.0 Å². The molecule has 1 amide bonds. The average Bonchev–Trinajstić information content (AvgIpc) is 2.42. The van der Waals surface area contributed by atoms with Crippen LogP contribution in [0.3, 0.4) is 0 Å². The highest BCUT2D eigenvalue weighted by molar-refractivity contribution is 9.10. The van der Waals surface area contributed by atoms with Crippen LogP contribution in [0.1, 0.15) is 22.8 Å². The van der Waals surface area contributed by atoms with Gasteiger partial charge in [-0.05, 0) is 59.6 Å². The first kappa shape index (κ1) is 14.5. The summed E-state index contributed by atoms with van der Waals surface area (Å²) in [6, 6.07) is 8.98. The van der Waals surface area contributed by atoms with Gasteiger partial charge in [0, 0.05) is 16.2 Å². The molecule has 2 rings (SSSR count). The molecule has 0 atom stereocenters. The molecule has 0 bridgehead atoms. The Hall–Kier alpha value is -1.88. The number of rotatable bonds is 4. The number of hydrogen-bond acceptors (Lipinski definition) is 3. The molecule has 0 aliphatic rings. The Morgan fingerprint density at radius 3 is 2.90 bits per heavy atom. The van der Waals surface area contributed by atoms with Gasteiger partial charge in [-0.15, -0.1) is 0 Å². The summed E-state index contributed by atoms with van der Waals surface area (Å²) in [5.41, 5.74) is 1.44. The molecule has 0 aliphatic heterocycles. The number of anilines is 1. The Balaban J connectivity index is 2.17. The van der Waals surface area contributed by atoms with Crippen molar-refractivity contribution in [1.29, 1.82) is 0 Å². The maximum absolute atomic E-state index is 12.2. The molecule has 20 heavy (non-hydrogen) atoms. The van der Waals surface area contributed by atoms with Crippen LogP contribution in [0.15, 0.2) is 41.0 Å². The molecule has 0 unspecified atom stereocenters. The number of hydrogen-bond donors (Lipinski definition) is 1. The van der Waals surface area contributed by atoms with Gasteiger partial charge in [-0.2, -0.15) is 0 Å². The summed E-state index contributed by atoms with van der Waals surface area (Å²) in [5.74, 6) is 1.03. The van der Waals surface area contributed by atoms with Crippen molar-refractivity contribution in [3.8, 4) is 5.75 Å². The van der Waals surface area contributed by atoms with Crippen LogP contribution in [0.4, 0.5) is 5.82 Å². The Bertz CT molecular complexity index is 629. The minimum absolute atomic E-state index is 0.204. The predicted molar refractivity (Wildman–Crippen MR) is 82.2 cm³/mol. The second-order valence-corrected chi connectivity index (χ2v) is 5.15. The lowest BCUT2D eigenvalue weighted by molar-refractivity contribution is 0.102. The molecule has 2 aromatic rings. The minimum atomic E-state index is -0.204. The number of carbonyl (C=O) groups is 1. The minimum Gasteiger partial charge on any atom is -0.494 e. The summed E-state index contributed by atoms with van der Waals surface area (Å²) in [6.45, 7) is 4.37. The maximum atomic E-state index is 12.2. The standard InChI is InChI=1S/C15H15BrN2O2/c1-3-20-13-6-4-5-11(8-13)15(19)18-14-10(2)7-12(16)9-17-14/h4-9H,3H2,1-2H3,(H,17,18,19). The van der Waals surface area contributed by atoms with Crippen molar-refractivity contribution in [1.82, 2.24) is 4.98 Å². The van der Waals surface area contributed by atoms with Crippen LogP contribution in [0, 0.1) is 6.92 Å². The van der Waals surface area contributed by atoms with Gasteiger partial charge >= 0.3 is 0 Å². The molecule has 0 saturated heterocycles. The van der Waals surface area contributed by atoms with Crippen molar-refractivity contribution in [2.75, 3.05) is 11.9 Å². The SMILES string of the molecule is CCOc1cccc(C(=O)Nc2ncc(Br)cc2C)c1. The van der Waals surface area contributed by atoms with Crippen molar-refractivity contribution in [2.24, 2.45) is 0 Å². The highest BCUT2D eigenvalue weighted by atomic mass is 79.9. The van der Waals surface area contributed by atoms with Gasteiger partial charge in [0.2, 0.25) is 0 Å². The van der Waals surface area contributed by atoms with Crippen molar-refractivity contribution < 1.29 is 9.53 Å². The third-order valence-electron chi connectivity index (χ3n) is 2.68. The summed E-state index contributed by atoms with van der Waals surface area (Å²) >= 11 is 3.34. The van der Waals surface area contributed by atoms with E-state index in [9.17, 15) is 4.79 Å². The van der Waals surface area contributed by atoms with Gasteiger partial charge in [-0.1, -0.05) is 6.07 Å². The third kappa shape index (κ3) is 3.57. The van der Waals surface area contributed by atoms with Crippen molar-refractivity contribution in [2.45, 2.75) is 13.8 Å². The van der Waals surface area contributed by atoms with E-state index in [1.54, 1.807) is 24.4 Å². The lowest BCUT2D eigenvalue weighted by Crippen LogP contribution is -2.14. The largest absolute Gasteiger partial charge is 0.494 e. The van der Waals surface area contributed by atoms with E-state index in [4.69, 9.17) is 4.74 Å². The first-order valence-electron chi connectivity index (χ1n) is 6.26. The number of benzene rings is 1. The monoisotopic (exact) mass is 334 g/mol. The number of nitrogens with zero attached hydrogens (tertiary/aromatic N) is 1. The lowest BCUT2D eigenvalue weighted by Gasteiger charge is -2.09. The topological polar surface area (TPSA) is 51.2 Å². The Morgan fingerprint density at radius 2 is 2.20 bits per heavy atom. The fraction of sp³-hybridized carbons (Fsp3) is 0.200. The molecule has 1 N–H and O–H groups in total. The van der Waals surface area contributed by atoms with E-state index < -0.39 is 0 Å². The number of pyridine rings is 1. The van der Waals surface area contributed by atoms with Gasteiger partial charge in [0.25, 0.3) is 5.91 Å². The summed E-state index contributed by atoms with van der Waals surface area (Å²) in [4.78, 5) is 16.4. The molecule has 1 aromatic heterocycles. The first-order valence-corrected chi connectivity index (χ1v) is 7.06. The Morgan fingerprint density at radius 1 is 1.40 bits per heavy atom. The van der Waals surface area contributed by atoms with Crippen LogP contribution in [-0.4, -0.2) is 17.5 Å². The van der Waals surface area contributed by atoms with E-state index in [0.29, 0.717) is 23.7 Å². The smallest absolute Gasteiger partial charge is 0.256 e. The number of halogens is 1. The molecular weight excluding hydrogens is 320 g/mol. The summed E-state index contributed by atoms with van der Waals surface area (Å²) in [7, 11) is 0. The highest BCUT2D eigenvalue weighted by Crippen LogP contribution is 2.19. The number of carbonyl (C=O) groups excluding carboxylic acids is 1. The zero-order valence-corrected chi connectivity index (χ0v) is 12.9. The van der Waals surface area contributed by atoms with Gasteiger partial charge in [0.15, 0.2) is 0 Å². The number of nitrogens with one attached hydrogen (secondary N) is 1. The molecule has 1 aromatic carbocycles. The maximum Gasteiger partial charge on any atom is 0.256 e. The van der Waals surface area contributed by atoms with E-state index >= 15 is 0 Å². The Labute approximate surface area is 126 Å². The van der Waals surface area contributed by atoms with Crippen molar-refractivity contribution >= 4 is 27.7 Å². The molecule has 4 nitrogen and oxygen atoms in total. The van der Waals surface area contributed by atoms with Crippen LogP contribution >= 0.6 is 15.9 Å². The number of ether oxygens (including phenoxy) is 1. The van der Waals surface area contributed by atoms with Gasteiger partial charge < -0.3 is 10.1 Å². The predicted octanol–water partition coefficient (Wildman–Crippen LogP) is 3.80. The van der Waals surface area contributed by atoms with Crippen LogP contribution in [0.5, 0.6) is 5.75 Å². The summed E-state index contributed by atoms with van der Waals surface area (Å²) < 4.78 is 6.27. The van der Waals surface area contributed by atoms with Crippen LogP contribution < -0.4 is 10.1 Å². The van der Waals surface area contributed by atoms with Crippen LogP contribution in [0.2, 0.25) is 0 Å². The number of aromatic nitrogens is 1. The molecule has 5 heteroatoms. The van der Waals surface area contributed by atoms with Crippen LogP contribution in [0.25, 0.3) is 0 Å². The second-order valence-electron chi connectivity index (χ2n) is 4.23. The molecule has 1 heterocycles. The quantitative estimate of drug-likeness (QED) is 0.925. The molecule has 0 saturated carbocycles. The lowest BCUT2D eigenvalue weighted by atomic mass is 10.2. The fourth-order valence-corrected chi connectivity index (χ4v) is 2.19. The van der Waals surface area contributed by atoms with Crippen LogP contribution in [-0.2, 0) is 0 Å². The highest BCUT2D eigenvalue weighted by Gasteiger charge is 2.09. The van der Waals surface area contributed by atoms with E-state index in [2.05, 4.69) is 26.2 Å². The molecule has 0 fully saturated rings. The number of aryl methyl sites for hydroxylation is 1. The molecule has 104 valence electrons. The average molecular weight is 335 g/mol. The van der Waals surface area contributed by atoms with Gasteiger partial charge in [-0.25, -0.2) is 4.98 Å². The van der Waals surface area contributed by atoms with Gasteiger partial charge in [0.05, 0.1) is 6.61 Å². The summed E-state index contributed by atoms with van der Waals surface area (Å²) in [6.07, 6.45) is 1.65. The van der Waals surface area contributed by atoms with E-state index in [1.165, 1.54) is 0 Å². The normalized spacial score (nSPS) is 10.2. The zero-order chi connectivity index (χ0) is 14.5. The molecular formula is C15H15BrN2O2.